The van der Waals surface area contributed by atoms with Crippen molar-refractivity contribution in [3.05, 3.63) is 11.6 Å². The van der Waals surface area contributed by atoms with Crippen LogP contribution in [0.5, 0.6) is 0 Å². The zero-order valence-electron chi connectivity index (χ0n) is 7.16. The third-order valence-electron chi connectivity index (χ3n) is 1.27. The van der Waals surface area contributed by atoms with Gasteiger partial charge in [0.1, 0.15) is 0 Å². The molecule has 0 heterocycles. The second-order valence-electron chi connectivity index (χ2n) is 2.60. The molecule has 0 rings (SSSR count). The van der Waals surface area contributed by atoms with Crippen LogP contribution in [0.25, 0.3) is 0 Å². The van der Waals surface area contributed by atoms with Crippen LogP contribution < -0.4 is 0 Å². The minimum Gasteiger partial charge on any atom is -0.171 e. The van der Waals surface area contributed by atoms with E-state index in [0.717, 1.165) is 5.75 Å². The summed E-state index contributed by atoms with van der Waals surface area (Å²) in [6.07, 6.45) is -3.86. The van der Waals surface area contributed by atoms with Gasteiger partial charge in [0.05, 0.1) is 0 Å². The van der Waals surface area contributed by atoms with Gasteiger partial charge in [-0.3, -0.25) is 0 Å². The van der Waals surface area contributed by atoms with Crippen molar-refractivity contribution >= 4 is 23.4 Å². The minimum atomic E-state index is -4.02. The molecule has 0 aliphatic rings. The van der Waals surface area contributed by atoms with Crippen LogP contribution in [0.1, 0.15) is 19.3 Å². The molecule has 78 valence electrons. The monoisotopic (exact) mass is 232 g/mol. The summed E-state index contributed by atoms with van der Waals surface area (Å²) in [5.41, 5.74) is 0. The first kappa shape index (κ1) is 13.2. The molecule has 0 unspecified atom stereocenters. The van der Waals surface area contributed by atoms with Crippen LogP contribution >= 0.6 is 23.4 Å². The van der Waals surface area contributed by atoms with E-state index in [1.165, 1.54) is 11.8 Å². The lowest BCUT2D eigenvalue weighted by molar-refractivity contribution is -0.134. The molecule has 13 heavy (non-hydrogen) atoms. The smallest absolute Gasteiger partial charge is 0.171 e. The van der Waals surface area contributed by atoms with Crippen molar-refractivity contribution in [3.8, 4) is 0 Å². The summed E-state index contributed by atoms with van der Waals surface area (Å²) in [4.78, 5) is 0. The molecule has 0 saturated carbocycles. The Morgan fingerprint density at radius 1 is 1.31 bits per heavy atom. The quantitative estimate of drug-likeness (QED) is 0.619. The Morgan fingerprint density at radius 3 is 2.38 bits per heavy atom. The van der Waals surface area contributed by atoms with Gasteiger partial charge in [-0.05, 0) is 24.3 Å². The highest BCUT2D eigenvalue weighted by Crippen LogP contribution is 2.22. The third kappa shape index (κ3) is 12.2. The van der Waals surface area contributed by atoms with E-state index in [-0.39, 0.29) is 6.42 Å². The normalized spacial score (nSPS) is 11.7. The summed E-state index contributed by atoms with van der Waals surface area (Å²) >= 11 is 6.95. The van der Waals surface area contributed by atoms with E-state index in [1.54, 1.807) is 0 Å². The summed E-state index contributed by atoms with van der Waals surface area (Å²) in [7, 11) is 0. The van der Waals surface area contributed by atoms with Gasteiger partial charge in [-0.25, -0.2) is 0 Å². The van der Waals surface area contributed by atoms with Crippen molar-refractivity contribution in [1.82, 2.24) is 0 Å². The van der Waals surface area contributed by atoms with Crippen molar-refractivity contribution in [2.24, 2.45) is 0 Å². The number of hydrogen-bond donors (Lipinski definition) is 0. The average Bonchev–Trinajstić information content (AvgIpc) is 1.93. The van der Waals surface area contributed by atoms with Gasteiger partial charge >= 0.3 is 6.18 Å². The van der Waals surface area contributed by atoms with Gasteiger partial charge in [0, 0.05) is 11.5 Å². The molecule has 0 aliphatic carbocycles. The van der Waals surface area contributed by atoms with Gasteiger partial charge in [0.2, 0.25) is 0 Å². The third-order valence-corrected chi connectivity index (χ3v) is 2.53. The number of thioether (sulfide) groups is 1. The molecule has 0 fully saturated rings. The van der Waals surface area contributed by atoms with Gasteiger partial charge in [-0.1, -0.05) is 18.2 Å². The highest BCUT2D eigenvalue weighted by Gasteiger charge is 2.25. The first-order valence-electron chi connectivity index (χ1n) is 3.89. The van der Waals surface area contributed by atoms with Crippen LogP contribution in [-0.4, -0.2) is 17.7 Å². The highest BCUT2D eigenvalue weighted by molar-refractivity contribution is 7.99. The number of hydrogen-bond acceptors (Lipinski definition) is 1. The zero-order valence-corrected chi connectivity index (χ0v) is 8.74. The first-order valence-corrected chi connectivity index (χ1v) is 5.43. The lowest BCUT2D eigenvalue weighted by atomic mass is 10.3. The molecule has 0 spiro atoms. The van der Waals surface area contributed by atoms with E-state index in [0.29, 0.717) is 17.2 Å². The number of halogens is 4. The Bertz CT molecular complexity index is 156. The topological polar surface area (TPSA) is 0 Å². The molecule has 0 aromatic heterocycles. The second-order valence-corrected chi connectivity index (χ2v) is 4.36. The van der Waals surface area contributed by atoms with Crippen LogP contribution in [0, 0.1) is 0 Å². The maximum Gasteiger partial charge on any atom is 0.389 e. The lowest BCUT2D eigenvalue weighted by Gasteiger charge is -2.05. The van der Waals surface area contributed by atoms with Crippen LogP contribution in [0.15, 0.2) is 11.6 Å². The zero-order chi connectivity index (χ0) is 10.3. The van der Waals surface area contributed by atoms with E-state index in [9.17, 15) is 13.2 Å². The Kier molecular flexibility index (Phi) is 6.68. The SMILES string of the molecule is C=C(Cl)CCSCCCC(F)(F)F. The molecule has 0 atom stereocenters. The molecule has 0 N–H and O–H groups in total. The molecular formula is C8H12ClF3S. The van der Waals surface area contributed by atoms with Crippen molar-refractivity contribution < 1.29 is 13.2 Å². The van der Waals surface area contributed by atoms with Crippen molar-refractivity contribution in [1.29, 1.82) is 0 Å². The largest absolute Gasteiger partial charge is 0.389 e. The molecule has 0 radical (unpaired) electrons. The fourth-order valence-corrected chi connectivity index (χ4v) is 1.81. The predicted octanol–water partition coefficient (Wildman–Crippen LogP) is 4.20. The summed E-state index contributed by atoms with van der Waals surface area (Å²) in [5.74, 6) is 1.28. The van der Waals surface area contributed by atoms with E-state index in [1.807, 2.05) is 0 Å². The molecule has 0 aromatic rings. The fraction of sp³-hybridized carbons (Fsp3) is 0.750. The van der Waals surface area contributed by atoms with Gasteiger partial charge in [-0.2, -0.15) is 24.9 Å². The Balaban J connectivity index is 3.13. The maximum absolute atomic E-state index is 11.6. The average molecular weight is 233 g/mol. The van der Waals surface area contributed by atoms with Crippen LogP contribution in [0.4, 0.5) is 13.2 Å². The number of alkyl halides is 3. The van der Waals surface area contributed by atoms with Crippen molar-refractivity contribution in [2.45, 2.75) is 25.4 Å². The van der Waals surface area contributed by atoms with Crippen LogP contribution in [-0.2, 0) is 0 Å². The van der Waals surface area contributed by atoms with E-state index < -0.39 is 12.6 Å². The molecule has 0 aliphatic heterocycles. The molecule has 0 nitrogen and oxygen atoms in total. The lowest BCUT2D eigenvalue weighted by Crippen LogP contribution is -2.07. The standard InChI is InChI=1S/C8H12ClF3S/c1-7(9)3-6-13-5-2-4-8(10,11)12/h1-6H2. The van der Waals surface area contributed by atoms with E-state index in [2.05, 4.69) is 6.58 Å². The van der Waals surface area contributed by atoms with Crippen molar-refractivity contribution in [2.75, 3.05) is 11.5 Å². The van der Waals surface area contributed by atoms with Crippen LogP contribution in [0.3, 0.4) is 0 Å². The second kappa shape index (κ2) is 6.60. The predicted molar refractivity (Wildman–Crippen MR) is 52.2 cm³/mol. The summed E-state index contributed by atoms with van der Waals surface area (Å²) < 4.78 is 34.9. The van der Waals surface area contributed by atoms with Crippen LogP contribution in [0.2, 0.25) is 0 Å². The Labute approximate surface area is 85.5 Å². The highest BCUT2D eigenvalue weighted by atomic mass is 35.5. The number of allylic oxidation sites excluding steroid dienone is 1. The summed E-state index contributed by atoms with van der Waals surface area (Å²) in [6.45, 7) is 3.48. The molecule has 0 aromatic carbocycles. The van der Waals surface area contributed by atoms with Gasteiger partial charge in [-0.15, -0.1) is 0 Å². The van der Waals surface area contributed by atoms with E-state index >= 15 is 0 Å². The Hall–Kier alpha value is 0.170. The maximum atomic E-state index is 11.6. The Morgan fingerprint density at radius 2 is 1.92 bits per heavy atom. The minimum absolute atomic E-state index is 0.183. The fourth-order valence-electron chi connectivity index (χ4n) is 0.660. The molecule has 0 saturated heterocycles. The van der Waals surface area contributed by atoms with Gasteiger partial charge in [0.25, 0.3) is 0 Å². The molecular weight excluding hydrogens is 221 g/mol. The van der Waals surface area contributed by atoms with E-state index in [4.69, 9.17) is 11.6 Å². The summed E-state index contributed by atoms with van der Waals surface area (Å²) in [5, 5.41) is 0.559. The van der Waals surface area contributed by atoms with Crippen molar-refractivity contribution in [3.63, 3.8) is 0 Å². The molecule has 5 heteroatoms. The first-order chi connectivity index (χ1) is 5.92. The molecule has 0 amide bonds. The summed E-state index contributed by atoms with van der Waals surface area (Å²) in [6, 6.07) is 0. The van der Waals surface area contributed by atoms with Gasteiger partial charge < -0.3 is 0 Å². The molecule has 0 bridgehead atoms. The number of rotatable bonds is 6. The van der Waals surface area contributed by atoms with Gasteiger partial charge in [0.15, 0.2) is 0 Å².